The van der Waals surface area contributed by atoms with E-state index in [0.29, 0.717) is 46.1 Å². The molecule has 0 unspecified atom stereocenters. The molecule has 8 heteroatoms. The minimum absolute atomic E-state index is 0.283. The lowest BCUT2D eigenvalue weighted by Gasteiger charge is -2.20. The van der Waals surface area contributed by atoms with E-state index >= 15 is 0 Å². The highest BCUT2D eigenvalue weighted by Crippen LogP contribution is 2.40. The summed E-state index contributed by atoms with van der Waals surface area (Å²) >= 11 is 0. The van der Waals surface area contributed by atoms with Crippen LogP contribution in [0.5, 0.6) is 17.2 Å². The van der Waals surface area contributed by atoms with Crippen LogP contribution in [0.25, 0.3) is 11.4 Å². The van der Waals surface area contributed by atoms with Crippen LogP contribution < -0.4 is 19.5 Å². The number of ether oxygens (including phenoxy) is 3. The van der Waals surface area contributed by atoms with Crippen molar-refractivity contribution < 1.29 is 23.5 Å². The van der Waals surface area contributed by atoms with Gasteiger partial charge in [0.2, 0.25) is 17.5 Å². The molecule has 1 heterocycles. The van der Waals surface area contributed by atoms with Gasteiger partial charge in [0.1, 0.15) is 0 Å². The minimum atomic E-state index is -0.283. The molecule has 0 saturated heterocycles. The monoisotopic (exact) mass is 409 g/mol. The van der Waals surface area contributed by atoms with Crippen LogP contribution in [0.2, 0.25) is 0 Å². The number of hydrogen-bond donors (Lipinski definition) is 1. The molecule has 1 fully saturated rings. The highest BCUT2D eigenvalue weighted by atomic mass is 16.5. The maximum absolute atomic E-state index is 12.8. The first kappa shape index (κ1) is 19.8. The molecule has 1 aliphatic rings. The number of hydrogen-bond acceptors (Lipinski definition) is 7. The van der Waals surface area contributed by atoms with Crippen molar-refractivity contribution in [3.63, 3.8) is 0 Å². The summed E-state index contributed by atoms with van der Waals surface area (Å²) in [5.41, 5.74) is 1.71. The van der Waals surface area contributed by atoms with Crippen molar-refractivity contribution in [3.8, 4) is 28.6 Å². The fourth-order valence-corrected chi connectivity index (χ4v) is 3.33. The van der Waals surface area contributed by atoms with Gasteiger partial charge in [0, 0.05) is 34.9 Å². The first-order valence-electron chi connectivity index (χ1n) is 9.68. The van der Waals surface area contributed by atoms with E-state index in [-0.39, 0.29) is 5.91 Å². The molecule has 0 aliphatic heterocycles. The Morgan fingerprint density at radius 1 is 1.07 bits per heavy atom. The number of amides is 1. The Labute approximate surface area is 174 Å². The molecular weight excluding hydrogens is 386 g/mol. The van der Waals surface area contributed by atoms with Gasteiger partial charge >= 0.3 is 0 Å². The second kappa shape index (κ2) is 8.44. The zero-order valence-corrected chi connectivity index (χ0v) is 17.1. The molecule has 8 nitrogen and oxygen atoms in total. The van der Waals surface area contributed by atoms with E-state index in [0.717, 1.165) is 18.4 Å². The number of methoxy groups -OCH3 is 3. The Bertz CT molecular complexity index is 1030. The van der Waals surface area contributed by atoms with Crippen LogP contribution in [0.3, 0.4) is 0 Å². The van der Waals surface area contributed by atoms with Crippen LogP contribution >= 0.6 is 0 Å². The average Bonchev–Trinajstić information content (AvgIpc) is 3.21. The maximum Gasteiger partial charge on any atom is 0.255 e. The van der Waals surface area contributed by atoms with Gasteiger partial charge in [-0.05, 0) is 25.0 Å². The van der Waals surface area contributed by atoms with Gasteiger partial charge in [0.05, 0.1) is 21.3 Å². The zero-order chi connectivity index (χ0) is 21.1. The number of benzene rings is 2. The van der Waals surface area contributed by atoms with Crippen LogP contribution in [-0.4, -0.2) is 37.4 Å². The lowest BCUT2D eigenvalue weighted by Crippen LogP contribution is -2.12. The van der Waals surface area contributed by atoms with E-state index in [1.807, 2.05) is 6.07 Å². The van der Waals surface area contributed by atoms with Gasteiger partial charge in [-0.15, -0.1) is 0 Å². The van der Waals surface area contributed by atoms with Crippen molar-refractivity contribution in [1.29, 1.82) is 0 Å². The van der Waals surface area contributed by atoms with Crippen LogP contribution in [0.4, 0.5) is 5.69 Å². The van der Waals surface area contributed by atoms with Gasteiger partial charge in [0.15, 0.2) is 11.5 Å². The van der Waals surface area contributed by atoms with Gasteiger partial charge in [0.25, 0.3) is 5.91 Å². The van der Waals surface area contributed by atoms with Gasteiger partial charge < -0.3 is 24.1 Å². The maximum atomic E-state index is 12.8. The Kier molecular flexibility index (Phi) is 5.56. The standard InChI is InChI=1S/C22H23N3O5/c1-27-17-11-16(12-18(28-2)19(17)29-3)23-21(26)15-9-5-8-14(10-15)20-24-22(30-25-20)13-6-4-7-13/h5,8-13H,4,6-7H2,1-3H3,(H,23,26). The van der Waals surface area contributed by atoms with Crippen LogP contribution in [-0.2, 0) is 0 Å². The van der Waals surface area contributed by atoms with Crippen molar-refractivity contribution in [3.05, 3.63) is 47.9 Å². The van der Waals surface area contributed by atoms with E-state index in [4.69, 9.17) is 18.7 Å². The quantitative estimate of drug-likeness (QED) is 0.622. The van der Waals surface area contributed by atoms with Gasteiger partial charge in [-0.1, -0.05) is 23.7 Å². The number of nitrogens with one attached hydrogen (secondary N) is 1. The fourth-order valence-electron chi connectivity index (χ4n) is 3.33. The molecule has 1 N–H and O–H groups in total. The molecule has 3 aromatic rings. The SMILES string of the molecule is COc1cc(NC(=O)c2cccc(-c3noc(C4CCC4)n3)c2)cc(OC)c1OC. The summed E-state index contributed by atoms with van der Waals surface area (Å²) in [5.74, 6) is 2.60. The summed E-state index contributed by atoms with van der Waals surface area (Å²) in [6.45, 7) is 0. The van der Waals surface area contributed by atoms with Crippen LogP contribution in [0, 0.1) is 0 Å². The molecule has 1 saturated carbocycles. The number of carbonyl (C=O) groups is 1. The highest BCUT2D eigenvalue weighted by Gasteiger charge is 2.25. The van der Waals surface area contributed by atoms with Crippen molar-refractivity contribution in [1.82, 2.24) is 10.1 Å². The smallest absolute Gasteiger partial charge is 0.255 e. The normalized spacial score (nSPS) is 13.4. The third-order valence-electron chi connectivity index (χ3n) is 5.20. The molecular formula is C22H23N3O5. The Morgan fingerprint density at radius 2 is 1.80 bits per heavy atom. The van der Waals surface area contributed by atoms with Crippen molar-refractivity contribution in [2.75, 3.05) is 26.6 Å². The number of anilines is 1. The first-order valence-corrected chi connectivity index (χ1v) is 9.68. The highest BCUT2D eigenvalue weighted by molar-refractivity contribution is 6.05. The van der Waals surface area contributed by atoms with Crippen molar-refractivity contribution in [2.45, 2.75) is 25.2 Å². The first-order chi connectivity index (χ1) is 14.6. The van der Waals surface area contributed by atoms with Crippen LogP contribution in [0.15, 0.2) is 40.9 Å². The second-order valence-corrected chi connectivity index (χ2v) is 7.03. The minimum Gasteiger partial charge on any atom is -0.493 e. The van der Waals surface area contributed by atoms with Crippen molar-refractivity contribution in [2.24, 2.45) is 0 Å². The Balaban J connectivity index is 1.55. The Morgan fingerprint density at radius 3 is 2.40 bits per heavy atom. The summed E-state index contributed by atoms with van der Waals surface area (Å²) in [6, 6.07) is 10.5. The predicted molar refractivity (Wildman–Crippen MR) is 110 cm³/mol. The van der Waals surface area contributed by atoms with E-state index in [9.17, 15) is 4.79 Å². The van der Waals surface area contributed by atoms with E-state index in [1.54, 1.807) is 30.3 Å². The molecule has 0 bridgehead atoms. The van der Waals surface area contributed by atoms with Crippen molar-refractivity contribution >= 4 is 11.6 Å². The molecule has 0 atom stereocenters. The average molecular weight is 409 g/mol. The summed E-state index contributed by atoms with van der Waals surface area (Å²) in [5, 5.41) is 6.93. The molecule has 1 aliphatic carbocycles. The largest absolute Gasteiger partial charge is 0.493 e. The summed E-state index contributed by atoms with van der Waals surface area (Å²) in [6.07, 6.45) is 3.36. The summed E-state index contributed by atoms with van der Waals surface area (Å²) in [7, 11) is 4.57. The third kappa shape index (κ3) is 3.80. The predicted octanol–water partition coefficient (Wildman–Crippen LogP) is 4.28. The lowest BCUT2D eigenvalue weighted by molar-refractivity contribution is 0.102. The summed E-state index contributed by atoms with van der Waals surface area (Å²) < 4.78 is 21.4. The summed E-state index contributed by atoms with van der Waals surface area (Å²) in [4.78, 5) is 17.3. The Hall–Kier alpha value is -3.55. The van der Waals surface area contributed by atoms with E-state index < -0.39 is 0 Å². The van der Waals surface area contributed by atoms with Gasteiger partial charge in [-0.3, -0.25) is 4.79 Å². The molecule has 2 aromatic carbocycles. The lowest BCUT2D eigenvalue weighted by atomic mass is 9.85. The molecule has 4 rings (SSSR count). The number of rotatable bonds is 7. The third-order valence-corrected chi connectivity index (χ3v) is 5.20. The topological polar surface area (TPSA) is 95.7 Å². The van der Waals surface area contributed by atoms with Gasteiger partial charge in [-0.25, -0.2) is 0 Å². The molecule has 0 radical (unpaired) electrons. The molecule has 30 heavy (non-hydrogen) atoms. The number of nitrogens with zero attached hydrogens (tertiary/aromatic N) is 2. The van der Waals surface area contributed by atoms with E-state index in [1.165, 1.54) is 27.8 Å². The van der Waals surface area contributed by atoms with E-state index in [2.05, 4.69) is 15.5 Å². The molecule has 156 valence electrons. The van der Waals surface area contributed by atoms with Gasteiger partial charge in [-0.2, -0.15) is 4.98 Å². The number of aromatic nitrogens is 2. The fraction of sp³-hybridized carbons (Fsp3) is 0.318. The zero-order valence-electron chi connectivity index (χ0n) is 17.1. The van der Waals surface area contributed by atoms with Crippen LogP contribution in [0.1, 0.15) is 41.4 Å². The molecule has 1 aromatic heterocycles. The number of carbonyl (C=O) groups excluding carboxylic acids is 1. The molecule has 1 amide bonds. The second-order valence-electron chi connectivity index (χ2n) is 7.03. The molecule has 0 spiro atoms.